The molecule has 1 aromatic heterocycles. The second-order valence-corrected chi connectivity index (χ2v) is 5.41. The summed E-state index contributed by atoms with van der Waals surface area (Å²) in [5, 5.41) is 2.81. The number of nitrogens with one attached hydrogen (secondary N) is 1. The number of carbonyl (C=O) groups is 2. The van der Waals surface area contributed by atoms with Crippen LogP contribution in [0.3, 0.4) is 0 Å². The molecule has 0 radical (unpaired) electrons. The van der Waals surface area contributed by atoms with Gasteiger partial charge in [-0.3, -0.25) is 14.6 Å². The standard InChI is InChI=1S/C16H24N4O2/c1-3-6-18-15(21)13-5-7-17-14(12-13)16(22)20-10-8-19(4-2)9-11-20/h5,7,12H,3-4,6,8-11H2,1-2H3,(H,18,21). The summed E-state index contributed by atoms with van der Waals surface area (Å²) in [6, 6.07) is 3.22. The van der Waals surface area contributed by atoms with Gasteiger partial charge in [0.25, 0.3) is 11.8 Å². The molecule has 1 aromatic rings. The number of hydrogen-bond acceptors (Lipinski definition) is 4. The molecule has 0 unspecified atom stereocenters. The lowest BCUT2D eigenvalue weighted by Gasteiger charge is -2.33. The summed E-state index contributed by atoms with van der Waals surface area (Å²) in [7, 11) is 0. The third kappa shape index (κ3) is 4.04. The summed E-state index contributed by atoms with van der Waals surface area (Å²) < 4.78 is 0. The molecule has 1 aliphatic heterocycles. The van der Waals surface area contributed by atoms with Crippen LogP contribution in [0, 0.1) is 0 Å². The smallest absolute Gasteiger partial charge is 0.272 e. The van der Waals surface area contributed by atoms with Crippen LogP contribution in [0.1, 0.15) is 41.1 Å². The summed E-state index contributed by atoms with van der Waals surface area (Å²) in [6.07, 6.45) is 2.40. The Morgan fingerprint density at radius 1 is 1.23 bits per heavy atom. The highest BCUT2D eigenvalue weighted by Crippen LogP contribution is 2.09. The van der Waals surface area contributed by atoms with Crippen molar-refractivity contribution in [1.82, 2.24) is 20.1 Å². The molecule has 22 heavy (non-hydrogen) atoms. The van der Waals surface area contributed by atoms with E-state index in [0.717, 1.165) is 26.1 Å². The Bertz CT molecular complexity index is 525. The minimum Gasteiger partial charge on any atom is -0.352 e. The van der Waals surface area contributed by atoms with E-state index < -0.39 is 0 Å². The van der Waals surface area contributed by atoms with Crippen LogP contribution in [0.4, 0.5) is 0 Å². The van der Waals surface area contributed by atoms with Crippen molar-refractivity contribution in [2.45, 2.75) is 20.3 Å². The van der Waals surface area contributed by atoms with Crippen molar-refractivity contribution in [1.29, 1.82) is 0 Å². The van der Waals surface area contributed by atoms with E-state index in [9.17, 15) is 9.59 Å². The Kier molecular flexibility index (Phi) is 5.89. The van der Waals surface area contributed by atoms with Crippen molar-refractivity contribution in [3.8, 4) is 0 Å². The third-order valence-corrected chi connectivity index (χ3v) is 3.88. The van der Waals surface area contributed by atoms with E-state index in [1.165, 1.54) is 6.20 Å². The Balaban J connectivity index is 2.03. The second-order valence-electron chi connectivity index (χ2n) is 5.41. The molecule has 1 aliphatic rings. The van der Waals surface area contributed by atoms with E-state index in [2.05, 4.69) is 22.1 Å². The first kappa shape index (κ1) is 16.4. The van der Waals surface area contributed by atoms with Gasteiger partial charge in [-0.2, -0.15) is 0 Å². The number of pyridine rings is 1. The van der Waals surface area contributed by atoms with Crippen LogP contribution >= 0.6 is 0 Å². The van der Waals surface area contributed by atoms with Gasteiger partial charge in [0.1, 0.15) is 5.69 Å². The predicted molar refractivity (Wildman–Crippen MR) is 84.9 cm³/mol. The van der Waals surface area contributed by atoms with E-state index in [-0.39, 0.29) is 11.8 Å². The molecule has 1 fully saturated rings. The highest BCUT2D eigenvalue weighted by Gasteiger charge is 2.22. The molecule has 0 saturated carbocycles. The Labute approximate surface area is 131 Å². The maximum Gasteiger partial charge on any atom is 0.272 e. The van der Waals surface area contributed by atoms with Crippen LogP contribution in [0.5, 0.6) is 0 Å². The predicted octanol–water partition coefficient (Wildman–Crippen LogP) is 0.999. The molecule has 0 aromatic carbocycles. The zero-order chi connectivity index (χ0) is 15.9. The molecule has 2 rings (SSSR count). The molecular formula is C16H24N4O2. The van der Waals surface area contributed by atoms with Crippen LogP contribution in [0.25, 0.3) is 0 Å². The minimum absolute atomic E-state index is 0.0964. The van der Waals surface area contributed by atoms with E-state index in [1.54, 1.807) is 12.1 Å². The lowest BCUT2D eigenvalue weighted by atomic mass is 10.2. The molecule has 0 aliphatic carbocycles. The van der Waals surface area contributed by atoms with Gasteiger partial charge in [-0.05, 0) is 25.1 Å². The second kappa shape index (κ2) is 7.89. The van der Waals surface area contributed by atoms with Gasteiger partial charge < -0.3 is 15.1 Å². The normalized spacial score (nSPS) is 15.6. The molecule has 2 heterocycles. The highest BCUT2D eigenvalue weighted by molar-refractivity contribution is 5.98. The van der Waals surface area contributed by atoms with Crippen molar-refractivity contribution < 1.29 is 9.59 Å². The summed E-state index contributed by atoms with van der Waals surface area (Å²) in [5.74, 6) is -0.255. The Morgan fingerprint density at radius 2 is 1.95 bits per heavy atom. The zero-order valence-electron chi connectivity index (χ0n) is 13.3. The first-order chi connectivity index (χ1) is 10.7. The minimum atomic E-state index is -0.158. The monoisotopic (exact) mass is 304 g/mol. The van der Waals surface area contributed by atoms with Gasteiger partial charge in [0, 0.05) is 44.5 Å². The molecule has 0 atom stereocenters. The summed E-state index contributed by atoms with van der Waals surface area (Å²) in [6.45, 7) is 8.95. The fourth-order valence-corrected chi connectivity index (χ4v) is 2.46. The quantitative estimate of drug-likeness (QED) is 0.881. The third-order valence-electron chi connectivity index (χ3n) is 3.88. The van der Waals surface area contributed by atoms with E-state index in [4.69, 9.17) is 0 Å². The van der Waals surface area contributed by atoms with Crippen molar-refractivity contribution in [3.05, 3.63) is 29.6 Å². The number of rotatable bonds is 5. The molecule has 2 amide bonds. The molecular weight excluding hydrogens is 280 g/mol. The summed E-state index contributed by atoms with van der Waals surface area (Å²) in [4.78, 5) is 32.7. The fraction of sp³-hybridized carbons (Fsp3) is 0.562. The van der Waals surface area contributed by atoms with Crippen LogP contribution in [0.15, 0.2) is 18.3 Å². The average Bonchev–Trinajstić information content (AvgIpc) is 2.59. The number of likely N-dealkylation sites (N-methyl/N-ethyl adjacent to an activating group) is 1. The molecule has 0 spiro atoms. The molecule has 0 bridgehead atoms. The summed E-state index contributed by atoms with van der Waals surface area (Å²) >= 11 is 0. The number of piperazine rings is 1. The van der Waals surface area contributed by atoms with Gasteiger partial charge in [-0.1, -0.05) is 13.8 Å². The SMILES string of the molecule is CCCNC(=O)c1ccnc(C(=O)N2CCN(CC)CC2)c1. The molecule has 1 saturated heterocycles. The largest absolute Gasteiger partial charge is 0.352 e. The highest BCUT2D eigenvalue weighted by atomic mass is 16.2. The van der Waals surface area contributed by atoms with Gasteiger partial charge >= 0.3 is 0 Å². The van der Waals surface area contributed by atoms with E-state index in [0.29, 0.717) is 30.9 Å². The molecule has 1 N–H and O–H groups in total. The fourth-order valence-electron chi connectivity index (χ4n) is 2.46. The van der Waals surface area contributed by atoms with Gasteiger partial charge in [0.05, 0.1) is 0 Å². The number of carbonyl (C=O) groups excluding carboxylic acids is 2. The first-order valence-corrected chi connectivity index (χ1v) is 7.91. The maximum atomic E-state index is 12.5. The van der Waals surface area contributed by atoms with Gasteiger partial charge in [-0.15, -0.1) is 0 Å². The van der Waals surface area contributed by atoms with Gasteiger partial charge in [0.2, 0.25) is 0 Å². The molecule has 6 heteroatoms. The topological polar surface area (TPSA) is 65.5 Å². The average molecular weight is 304 g/mol. The van der Waals surface area contributed by atoms with Crippen molar-refractivity contribution in [3.63, 3.8) is 0 Å². The van der Waals surface area contributed by atoms with Gasteiger partial charge in [-0.25, -0.2) is 0 Å². The summed E-state index contributed by atoms with van der Waals surface area (Å²) in [5.41, 5.74) is 0.827. The Morgan fingerprint density at radius 3 is 2.59 bits per heavy atom. The van der Waals surface area contributed by atoms with Crippen LogP contribution in [-0.4, -0.2) is 65.9 Å². The number of hydrogen-bond donors (Lipinski definition) is 1. The first-order valence-electron chi connectivity index (χ1n) is 7.91. The van der Waals surface area contributed by atoms with Crippen molar-refractivity contribution in [2.75, 3.05) is 39.3 Å². The number of amides is 2. The maximum absolute atomic E-state index is 12.5. The van der Waals surface area contributed by atoms with E-state index >= 15 is 0 Å². The lowest BCUT2D eigenvalue weighted by molar-refractivity contribution is 0.0637. The lowest BCUT2D eigenvalue weighted by Crippen LogP contribution is -2.48. The van der Waals surface area contributed by atoms with Crippen LogP contribution in [0.2, 0.25) is 0 Å². The zero-order valence-corrected chi connectivity index (χ0v) is 13.3. The molecule has 120 valence electrons. The Hall–Kier alpha value is -1.95. The van der Waals surface area contributed by atoms with Crippen LogP contribution in [-0.2, 0) is 0 Å². The number of aromatic nitrogens is 1. The van der Waals surface area contributed by atoms with Crippen LogP contribution < -0.4 is 5.32 Å². The van der Waals surface area contributed by atoms with Crippen molar-refractivity contribution in [2.24, 2.45) is 0 Å². The number of nitrogens with zero attached hydrogens (tertiary/aromatic N) is 3. The van der Waals surface area contributed by atoms with E-state index in [1.807, 2.05) is 11.8 Å². The molecule has 6 nitrogen and oxygen atoms in total. The van der Waals surface area contributed by atoms with Gasteiger partial charge in [0.15, 0.2) is 0 Å². The van der Waals surface area contributed by atoms with Crippen molar-refractivity contribution >= 4 is 11.8 Å².